The number of carbonyl (C=O) groups excluding carboxylic acids is 1. The molecule has 0 saturated carbocycles. The van der Waals surface area contributed by atoms with Crippen molar-refractivity contribution < 1.29 is 9.53 Å². The van der Waals surface area contributed by atoms with Gasteiger partial charge < -0.3 is 19.9 Å². The van der Waals surface area contributed by atoms with E-state index in [1.165, 1.54) is 4.88 Å². The smallest absolute Gasteiger partial charge is 0.317 e. The maximum Gasteiger partial charge on any atom is 0.317 e. The Kier molecular flexibility index (Phi) is 5.02. The van der Waals surface area contributed by atoms with Gasteiger partial charge >= 0.3 is 6.03 Å². The molecular formula is C17H21N3O2S. The fraction of sp³-hybridized carbons (Fsp3) is 0.353. The first kappa shape index (κ1) is 15.7. The number of piperazine rings is 1. The molecule has 2 heterocycles. The van der Waals surface area contributed by atoms with E-state index < -0.39 is 0 Å². The zero-order valence-corrected chi connectivity index (χ0v) is 14.0. The highest BCUT2D eigenvalue weighted by Crippen LogP contribution is 2.28. The third-order valence-electron chi connectivity index (χ3n) is 3.99. The molecule has 6 heteroatoms. The van der Waals surface area contributed by atoms with Gasteiger partial charge in [0.2, 0.25) is 0 Å². The molecule has 1 saturated heterocycles. The summed E-state index contributed by atoms with van der Waals surface area (Å²) < 4.78 is 5.42. The molecule has 0 bridgehead atoms. The number of methoxy groups -OCH3 is 1. The van der Waals surface area contributed by atoms with Gasteiger partial charge in [-0.25, -0.2) is 4.79 Å². The Morgan fingerprint density at radius 2 is 1.96 bits per heavy atom. The van der Waals surface area contributed by atoms with E-state index in [1.807, 2.05) is 40.6 Å². The first-order valence-electron chi connectivity index (χ1n) is 7.71. The van der Waals surface area contributed by atoms with Crippen molar-refractivity contribution in [1.82, 2.24) is 10.2 Å². The van der Waals surface area contributed by atoms with E-state index in [4.69, 9.17) is 4.74 Å². The number of nitrogens with zero attached hydrogens (tertiary/aromatic N) is 2. The highest BCUT2D eigenvalue weighted by Gasteiger charge is 2.22. The van der Waals surface area contributed by atoms with Gasteiger partial charge in [0.25, 0.3) is 0 Å². The number of amides is 2. The lowest BCUT2D eigenvalue weighted by atomic mass is 10.2. The lowest BCUT2D eigenvalue weighted by Gasteiger charge is -2.36. The minimum atomic E-state index is 0.0121. The van der Waals surface area contributed by atoms with Gasteiger partial charge in [-0.1, -0.05) is 18.2 Å². The number of thiophene rings is 1. The molecule has 3 rings (SSSR count). The van der Waals surface area contributed by atoms with E-state index in [1.54, 1.807) is 18.4 Å². The van der Waals surface area contributed by atoms with Crippen LogP contribution in [0.5, 0.6) is 5.75 Å². The molecule has 0 unspecified atom stereocenters. The molecule has 0 spiro atoms. The van der Waals surface area contributed by atoms with Gasteiger partial charge in [0.15, 0.2) is 0 Å². The number of rotatable bonds is 4. The van der Waals surface area contributed by atoms with E-state index in [-0.39, 0.29) is 6.03 Å². The van der Waals surface area contributed by atoms with Crippen LogP contribution in [0.4, 0.5) is 10.5 Å². The molecule has 1 N–H and O–H groups in total. The van der Waals surface area contributed by atoms with Crippen LogP contribution in [0.2, 0.25) is 0 Å². The summed E-state index contributed by atoms with van der Waals surface area (Å²) in [6.45, 7) is 3.66. The number of para-hydroxylation sites is 2. The van der Waals surface area contributed by atoms with Gasteiger partial charge in [-0.05, 0) is 23.6 Å². The molecule has 122 valence electrons. The van der Waals surface area contributed by atoms with E-state index >= 15 is 0 Å². The van der Waals surface area contributed by atoms with Crippen molar-refractivity contribution in [2.75, 3.05) is 38.2 Å². The third-order valence-corrected chi connectivity index (χ3v) is 4.86. The fourth-order valence-corrected chi connectivity index (χ4v) is 3.37. The van der Waals surface area contributed by atoms with E-state index in [0.29, 0.717) is 19.6 Å². The molecule has 0 atom stereocenters. The molecule has 2 aromatic rings. The third kappa shape index (κ3) is 3.76. The Labute approximate surface area is 140 Å². The number of hydrogen-bond donors (Lipinski definition) is 1. The predicted molar refractivity (Wildman–Crippen MR) is 93.3 cm³/mol. The van der Waals surface area contributed by atoms with Crippen molar-refractivity contribution in [2.24, 2.45) is 0 Å². The van der Waals surface area contributed by atoms with Crippen molar-refractivity contribution >= 4 is 23.1 Å². The van der Waals surface area contributed by atoms with Gasteiger partial charge in [0, 0.05) is 31.1 Å². The van der Waals surface area contributed by atoms with E-state index in [9.17, 15) is 4.79 Å². The topological polar surface area (TPSA) is 44.8 Å². The lowest BCUT2D eigenvalue weighted by Crippen LogP contribution is -2.51. The molecule has 1 aromatic carbocycles. The second-order valence-electron chi connectivity index (χ2n) is 5.38. The van der Waals surface area contributed by atoms with E-state index in [0.717, 1.165) is 24.5 Å². The molecule has 0 radical (unpaired) electrons. The summed E-state index contributed by atoms with van der Waals surface area (Å²) >= 11 is 1.66. The Morgan fingerprint density at radius 3 is 2.65 bits per heavy atom. The molecule has 1 aliphatic rings. The second kappa shape index (κ2) is 7.37. The average molecular weight is 331 g/mol. The summed E-state index contributed by atoms with van der Waals surface area (Å²) in [4.78, 5) is 17.5. The van der Waals surface area contributed by atoms with Crippen LogP contribution in [0.3, 0.4) is 0 Å². The summed E-state index contributed by atoms with van der Waals surface area (Å²) in [5.41, 5.74) is 1.09. The van der Waals surface area contributed by atoms with Crippen molar-refractivity contribution in [2.45, 2.75) is 6.54 Å². The summed E-state index contributed by atoms with van der Waals surface area (Å²) in [5.74, 6) is 0.878. The summed E-state index contributed by atoms with van der Waals surface area (Å²) in [6.07, 6.45) is 0. The molecule has 2 amide bonds. The van der Waals surface area contributed by atoms with Crippen LogP contribution in [-0.4, -0.2) is 44.2 Å². The number of ether oxygens (including phenoxy) is 1. The van der Waals surface area contributed by atoms with Crippen molar-refractivity contribution in [3.8, 4) is 5.75 Å². The molecule has 5 nitrogen and oxygen atoms in total. The molecule has 1 aliphatic heterocycles. The van der Waals surface area contributed by atoms with Crippen LogP contribution in [-0.2, 0) is 6.54 Å². The first-order chi connectivity index (χ1) is 11.3. The maximum absolute atomic E-state index is 12.2. The lowest BCUT2D eigenvalue weighted by molar-refractivity contribution is 0.194. The van der Waals surface area contributed by atoms with Gasteiger partial charge in [0.1, 0.15) is 5.75 Å². The highest BCUT2D eigenvalue weighted by atomic mass is 32.1. The van der Waals surface area contributed by atoms with Crippen LogP contribution in [0.15, 0.2) is 41.8 Å². The second-order valence-corrected chi connectivity index (χ2v) is 6.42. The Morgan fingerprint density at radius 1 is 1.17 bits per heavy atom. The van der Waals surface area contributed by atoms with Gasteiger partial charge in [-0.2, -0.15) is 0 Å². The van der Waals surface area contributed by atoms with Gasteiger partial charge in [-0.3, -0.25) is 0 Å². The number of benzene rings is 1. The molecule has 1 fully saturated rings. The maximum atomic E-state index is 12.2. The van der Waals surface area contributed by atoms with Crippen LogP contribution < -0.4 is 15.0 Å². The zero-order chi connectivity index (χ0) is 16.1. The summed E-state index contributed by atoms with van der Waals surface area (Å²) in [5, 5.41) is 5.01. The first-order valence-corrected chi connectivity index (χ1v) is 8.59. The van der Waals surface area contributed by atoms with E-state index in [2.05, 4.69) is 16.3 Å². The van der Waals surface area contributed by atoms with Gasteiger partial charge in [-0.15, -0.1) is 11.3 Å². The Hall–Kier alpha value is -2.21. The van der Waals surface area contributed by atoms with Crippen LogP contribution in [0, 0.1) is 0 Å². The quantitative estimate of drug-likeness (QED) is 0.937. The molecular weight excluding hydrogens is 310 g/mol. The molecule has 1 aromatic heterocycles. The van der Waals surface area contributed by atoms with Crippen LogP contribution in [0.25, 0.3) is 0 Å². The fourth-order valence-electron chi connectivity index (χ4n) is 2.73. The van der Waals surface area contributed by atoms with Crippen molar-refractivity contribution in [3.05, 3.63) is 46.7 Å². The predicted octanol–water partition coefficient (Wildman–Crippen LogP) is 2.79. The normalized spacial score (nSPS) is 14.7. The molecule has 23 heavy (non-hydrogen) atoms. The molecule has 0 aliphatic carbocycles. The number of hydrogen-bond acceptors (Lipinski definition) is 4. The number of nitrogens with one attached hydrogen (secondary N) is 1. The standard InChI is InChI=1S/C17H21N3O2S/c1-22-16-7-3-2-6-15(16)19-8-10-20(11-9-19)17(21)18-13-14-5-4-12-23-14/h2-7,12H,8-11,13H2,1H3,(H,18,21). The van der Waals surface area contributed by atoms with Gasteiger partial charge in [0.05, 0.1) is 19.3 Å². The van der Waals surface area contributed by atoms with Crippen molar-refractivity contribution in [3.63, 3.8) is 0 Å². The number of anilines is 1. The summed E-state index contributed by atoms with van der Waals surface area (Å²) in [6, 6.07) is 12.1. The minimum absolute atomic E-state index is 0.0121. The average Bonchev–Trinajstić information content (AvgIpc) is 3.13. The Balaban J connectivity index is 1.52. The van der Waals surface area contributed by atoms with Crippen LogP contribution >= 0.6 is 11.3 Å². The number of carbonyl (C=O) groups is 1. The summed E-state index contributed by atoms with van der Waals surface area (Å²) in [7, 11) is 1.69. The minimum Gasteiger partial charge on any atom is -0.495 e. The SMILES string of the molecule is COc1ccccc1N1CCN(C(=O)NCc2cccs2)CC1. The van der Waals surface area contributed by atoms with Crippen molar-refractivity contribution in [1.29, 1.82) is 0 Å². The largest absolute Gasteiger partial charge is 0.495 e. The monoisotopic (exact) mass is 331 g/mol. The highest BCUT2D eigenvalue weighted by molar-refractivity contribution is 7.09. The zero-order valence-electron chi connectivity index (χ0n) is 13.2. The van der Waals surface area contributed by atoms with Crippen LogP contribution in [0.1, 0.15) is 4.88 Å². The number of urea groups is 1. The Bertz CT molecular complexity index is 637.